The van der Waals surface area contributed by atoms with E-state index in [0.29, 0.717) is 12.1 Å². The molecule has 0 saturated carbocycles. The third-order valence-corrected chi connectivity index (χ3v) is 8.06. The van der Waals surface area contributed by atoms with Gasteiger partial charge in [-0.3, -0.25) is 4.72 Å². The number of benzene rings is 2. The van der Waals surface area contributed by atoms with E-state index in [2.05, 4.69) is 4.72 Å². The zero-order valence-corrected chi connectivity index (χ0v) is 18.9. The molecule has 166 valence electrons. The summed E-state index contributed by atoms with van der Waals surface area (Å²) >= 11 is 0. The molecule has 7 nitrogen and oxygen atoms in total. The first-order valence-electron chi connectivity index (χ1n) is 9.43. The average Bonchev–Trinajstić information content (AvgIpc) is 2.67. The number of halogens is 1. The van der Waals surface area contributed by atoms with Crippen molar-refractivity contribution in [2.24, 2.45) is 5.73 Å². The molecule has 0 aliphatic rings. The van der Waals surface area contributed by atoms with Crippen molar-refractivity contribution in [2.45, 2.75) is 19.0 Å². The highest BCUT2D eigenvalue weighted by atomic mass is 32.2. The molecule has 10 heteroatoms. The van der Waals surface area contributed by atoms with Crippen LogP contribution in [0.15, 0.2) is 48.5 Å². The molecule has 1 atom stereocenters. The summed E-state index contributed by atoms with van der Waals surface area (Å²) < 4.78 is 67.1. The van der Waals surface area contributed by atoms with Gasteiger partial charge in [0, 0.05) is 26.3 Å². The molecule has 0 heterocycles. The van der Waals surface area contributed by atoms with Crippen molar-refractivity contribution in [3.05, 3.63) is 54.1 Å². The van der Waals surface area contributed by atoms with Crippen LogP contribution in [0.25, 0.3) is 11.1 Å². The van der Waals surface area contributed by atoms with Crippen LogP contribution in [0.3, 0.4) is 0 Å². The molecule has 3 N–H and O–H groups in total. The molecule has 0 aliphatic heterocycles. The quantitative estimate of drug-likeness (QED) is 0.570. The monoisotopic (exact) mass is 457 g/mol. The van der Waals surface area contributed by atoms with E-state index >= 15 is 4.39 Å². The second-order valence-corrected chi connectivity index (χ2v) is 11.3. The van der Waals surface area contributed by atoms with Crippen LogP contribution in [0.1, 0.15) is 18.9 Å². The molecule has 0 bridgehead atoms. The van der Waals surface area contributed by atoms with Crippen LogP contribution in [-0.4, -0.2) is 53.3 Å². The number of hydrogen-bond donors (Lipinski definition) is 2. The highest BCUT2D eigenvalue weighted by molar-refractivity contribution is 7.92. The van der Waals surface area contributed by atoms with E-state index in [4.69, 9.17) is 5.73 Å². The smallest absolute Gasteiger partial charge is 0.232 e. The number of nitrogens with two attached hydrogens (primary N) is 1. The van der Waals surface area contributed by atoms with Gasteiger partial charge >= 0.3 is 0 Å². The van der Waals surface area contributed by atoms with E-state index in [1.165, 1.54) is 26.2 Å². The number of rotatable bonds is 10. The zero-order chi connectivity index (χ0) is 22.6. The van der Waals surface area contributed by atoms with Crippen molar-refractivity contribution in [1.29, 1.82) is 0 Å². The lowest BCUT2D eigenvalue weighted by molar-refractivity contribution is 0.204. The van der Waals surface area contributed by atoms with E-state index < -0.39 is 38.0 Å². The van der Waals surface area contributed by atoms with Gasteiger partial charge in [-0.15, -0.1) is 0 Å². The van der Waals surface area contributed by atoms with Crippen molar-refractivity contribution < 1.29 is 21.2 Å². The molecule has 2 rings (SSSR count). The average molecular weight is 458 g/mol. The van der Waals surface area contributed by atoms with Crippen LogP contribution in [0, 0.1) is 0 Å². The lowest BCUT2D eigenvalue weighted by atomic mass is 9.95. The Morgan fingerprint density at radius 1 is 1.03 bits per heavy atom. The van der Waals surface area contributed by atoms with Crippen molar-refractivity contribution >= 4 is 25.7 Å². The largest absolute Gasteiger partial charge is 0.327 e. The number of alkyl halides is 1. The Morgan fingerprint density at radius 3 is 2.20 bits per heavy atom. The van der Waals surface area contributed by atoms with Crippen molar-refractivity contribution in [2.75, 3.05) is 36.9 Å². The molecule has 2 aromatic rings. The second kappa shape index (κ2) is 9.42. The number of nitrogens with one attached hydrogen (secondary N) is 1. The number of sulfonamides is 2. The maximum absolute atomic E-state index is 15.4. The standard InChI is InChI=1S/C20H28FN3O4S2/c1-4-12-29(25,26)23-19-7-5-6-17(13-19)16-8-10-18(11-9-16)20(21,14-22)15-30(27,28)24(2)3/h5-11,13,23H,4,12,14-15,22H2,1-3H3. The third kappa shape index (κ3) is 6.00. The molecule has 0 fully saturated rings. The predicted molar refractivity (Wildman–Crippen MR) is 119 cm³/mol. The Labute approximate surface area is 178 Å². The van der Waals surface area contributed by atoms with Crippen molar-refractivity contribution in [1.82, 2.24) is 4.31 Å². The zero-order valence-electron chi connectivity index (χ0n) is 17.3. The number of nitrogens with zero attached hydrogens (tertiary/aromatic N) is 1. The third-order valence-electron chi connectivity index (χ3n) is 4.64. The van der Waals surface area contributed by atoms with Crippen molar-refractivity contribution in [3.8, 4) is 11.1 Å². The summed E-state index contributed by atoms with van der Waals surface area (Å²) in [6.07, 6.45) is 0.506. The molecular weight excluding hydrogens is 429 g/mol. The molecule has 30 heavy (non-hydrogen) atoms. The SMILES string of the molecule is CCCS(=O)(=O)Nc1cccc(-c2ccc(C(F)(CN)CS(=O)(=O)N(C)C)cc2)c1. The normalized spacial score (nSPS) is 14.5. The van der Waals surface area contributed by atoms with Gasteiger partial charge in [-0.1, -0.05) is 43.3 Å². The fourth-order valence-corrected chi connectivity index (χ4v) is 5.15. The molecule has 2 aromatic carbocycles. The van der Waals surface area contributed by atoms with Crippen LogP contribution < -0.4 is 10.5 Å². The van der Waals surface area contributed by atoms with Gasteiger partial charge in [0.25, 0.3) is 0 Å². The predicted octanol–water partition coefficient (Wildman–Crippen LogP) is 2.52. The molecule has 1 unspecified atom stereocenters. The van der Waals surface area contributed by atoms with Crippen LogP contribution in [0.4, 0.5) is 10.1 Å². The molecule has 0 spiro atoms. The van der Waals surface area contributed by atoms with Gasteiger partial charge in [-0.2, -0.15) is 0 Å². The lowest BCUT2D eigenvalue weighted by Crippen LogP contribution is -2.41. The van der Waals surface area contributed by atoms with Crippen LogP contribution in [-0.2, 0) is 25.7 Å². The summed E-state index contributed by atoms with van der Waals surface area (Å²) in [5, 5.41) is 0. The summed E-state index contributed by atoms with van der Waals surface area (Å²) in [6.45, 7) is 1.31. The Kier molecular flexibility index (Phi) is 7.62. The van der Waals surface area contributed by atoms with E-state index in [-0.39, 0.29) is 11.3 Å². The summed E-state index contributed by atoms with van der Waals surface area (Å²) in [5.41, 5.74) is 5.41. The maximum Gasteiger partial charge on any atom is 0.232 e. The van der Waals surface area contributed by atoms with Gasteiger partial charge in [0.2, 0.25) is 20.0 Å². The highest BCUT2D eigenvalue weighted by Gasteiger charge is 2.37. The van der Waals surface area contributed by atoms with Gasteiger partial charge in [0.05, 0.1) is 5.75 Å². The molecular formula is C20H28FN3O4S2. The highest BCUT2D eigenvalue weighted by Crippen LogP contribution is 2.30. The van der Waals surface area contributed by atoms with Crippen LogP contribution >= 0.6 is 0 Å². The van der Waals surface area contributed by atoms with E-state index in [1.54, 1.807) is 43.3 Å². The first kappa shape index (κ1) is 24.3. The van der Waals surface area contributed by atoms with Crippen LogP contribution in [0.5, 0.6) is 0 Å². The topological polar surface area (TPSA) is 110 Å². The fraction of sp³-hybridized carbons (Fsp3) is 0.400. The Bertz CT molecular complexity index is 1070. The Morgan fingerprint density at radius 2 is 1.67 bits per heavy atom. The van der Waals surface area contributed by atoms with Gasteiger partial charge in [-0.25, -0.2) is 25.5 Å². The van der Waals surface area contributed by atoms with Gasteiger partial charge < -0.3 is 5.73 Å². The summed E-state index contributed by atoms with van der Waals surface area (Å²) in [4.78, 5) is 0. The van der Waals surface area contributed by atoms with E-state index in [1.807, 2.05) is 0 Å². The minimum absolute atomic E-state index is 0.0272. The second-order valence-electron chi connectivity index (χ2n) is 7.29. The minimum Gasteiger partial charge on any atom is -0.327 e. The molecule has 0 aliphatic carbocycles. The van der Waals surface area contributed by atoms with Gasteiger partial charge in [-0.05, 0) is 35.2 Å². The summed E-state index contributed by atoms with van der Waals surface area (Å²) in [5.74, 6) is -0.725. The van der Waals surface area contributed by atoms with Gasteiger partial charge in [0.15, 0.2) is 5.67 Å². The first-order valence-corrected chi connectivity index (χ1v) is 12.7. The van der Waals surface area contributed by atoms with Crippen molar-refractivity contribution in [3.63, 3.8) is 0 Å². The summed E-state index contributed by atoms with van der Waals surface area (Å²) in [7, 11) is -4.52. The minimum atomic E-state index is -3.79. The molecule has 0 radical (unpaired) electrons. The fourth-order valence-electron chi connectivity index (χ4n) is 2.90. The van der Waals surface area contributed by atoms with E-state index in [9.17, 15) is 16.8 Å². The number of anilines is 1. The maximum atomic E-state index is 15.4. The van der Waals surface area contributed by atoms with E-state index in [0.717, 1.165) is 15.4 Å². The molecule has 0 saturated heterocycles. The summed E-state index contributed by atoms with van der Waals surface area (Å²) in [6, 6.07) is 13.2. The Balaban J connectivity index is 2.30. The molecule has 0 aromatic heterocycles. The first-order chi connectivity index (χ1) is 13.9. The van der Waals surface area contributed by atoms with Gasteiger partial charge in [0.1, 0.15) is 5.75 Å². The van der Waals surface area contributed by atoms with Crippen LogP contribution in [0.2, 0.25) is 0 Å². The Hall–Kier alpha value is -2.01. The number of hydrogen-bond acceptors (Lipinski definition) is 5. The molecule has 0 amide bonds. The lowest BCUT2D eigenvalue weighted by Gasteiger charge is -2.26.